The van der Waals surface area contributed by atoms with Gasteiger partial charge in [-0.15, -0.1) is 0 Å². The second-order valence-electron chi connectivity index (χ2n) is 11.7. The molecule has 0 aromatic heterocycles. The van der Waals surface area contributed by atoms with Gasteiger partial charge in [0.25, 0.3) is 0 Å². The zero-order valence-electron chi connectivity index (χ0n) is 23.6. The number of anilines is 1. The van der Waals surface area contributed by atoms with Gasteiger partial charge in [0.05, 0.1) is 6.04 Å². The average Bonchev–Trinajstić information content (AvgIpc) is 2.93. The summed E-state index contributed by atoms with van der Waals surface area (Å²) in [6.07, 6.45) is 8.07. The van der Waals surface area contributed by atoms with Gasteiger partial charge in [0, 0.05) is 29.1 Å². The first kappa shape index (κ1) is 29.5. The number of benzene rings is 2. The van der Waals surface area contributed by atoms with Crippen LogP contribution in [0.15, 0.2) is 36.4 Å². The molecule has 2 aromatic rings. The lowest BCUT2D eigenvalue weighted by atomic mass is 9.86. The zero-order chi connectivity index (χ0) is 27.9. The smallest absolute Gasteiger partial charge is 0.226 e. The average molecular weight is 556 g/mol. The second-order valence-corrected chi connectivity index (χ2v) is 12.1. The molecule has 7 heteroatoms. The Bertz CT molecular complexity index is 1140. The molecule has 1 saturated carbocycles. The molecular weight excluding hydrogens is 513 g/mol. The molecule has 0 spiro atoms. The molecule has 1 atom stereocenters. The summed E-state index contributed by atoms with van der Waals surface area (Å²) >= 11 is 6.45. The van der Waals surface area contributed by atoms with Crippen molar-refractivity contribution in [3.05, 3.63) is 63.9 Å². The van der Waals surface area contributed by atoms with E-state index >= 15 is 0 Å². The molecule has 1 heterocycles. The summed E-state index contributed by atoms with van der Waals surface area (Å²) in [5.74, 6) is 0.209. The van der Waals surface area contributed by atoms with Gasteiger partial charge in [0.1, 0.15) is 5.82 Å². The number of carbonyl (C=O) groups is 2. The van der Waals surface area contributed by atoms with E-state index in [4.69, 9.17) is 11.6 Å². The monoisotopic (exact) mass is 555 g/mol. The lowest BCUT2D eigenvalue weighted by Crippen LogP contribution is -2.39. The van der Waals surface area contributed by atoms with Gasteiger partial charge < -0.3 is 15.5 Å². The molecule has 0 radical (unpaired) electrons. The van der Waals surface area contributed by atoms with Crippen LogP contribution in [0.3, 0.4) is 0 Å². The zero-order valence-corrected chi connectivity index (χ0v) is 24.3. The van der Waals surface area contributed by atoms with Crippen LogP contribution in [0.4, 0.5) is 10.1 Å². The lowest BCUT2D eigenvalue weighted by Gasteiger charge is -2.34. The number of hydrogen-bond acceptors (Lipinski definition) is 3. The highest BCUT2D eigenvalue weighted by atomic mass is 35.5. The Kier molecular flexibility index (Phi) is 10.4. The minimum Gasteiger partial charge on any atom is -0.349 e. The number of hydrogen-bond donors (Lipinski definition) is 2. The predicted molar refractivity (Wildman–Crippen MR) is 157 cm³/mol. The summed E-state index contributed by atoms with van der Waals surface area (Å²) < 4.78 is 13.8. The maximum absolute atomic E-state index is 13.8. The molecule has 5 nitrogen and oxygen atoms in total. The molecule has 4 rings (SSSR count). The highest BCUT2D eigenvalue weighted by Crippen LogP contribution is 2.34. The molecule has 212 valence electrons. The quantitative estimate of drug-likeness (QED) is 0.339. The van der Waals surface area contributed by atoms with Gasteiger partial charge in [-0.25, -0.2) is 4.39 Å². The van der Waals surface area contributed by atoms with E-state index in [9.17, 15) is 14.0 Å². The van der Waals surface area contributed by atoms with Crippen molar-refractivity contribution in [3.63, 3.8) is 0 Å². The van der Waals surface area contributed by atoms with Gasteiger partial charge in [-0.2, -0.15) is 0 Å². The second kappa shape index (κ2) is 13.8. The normalized spacial score (nSPS) is 18.2. The summed E-state index contributed by atoms with van der Waals surface area (Å²) in [5, 5.41) is 6.67. The third kappa shape index (κ3) is 8.04. The maximum atomic E-state index is 13.8. The number of rotatable bonds is 9. The lowest BCUT2D eigenvalue weighted by molar-refractivity contribution is -0.126. The summed E-state index contributed by atoms with van der Waals surface area (Å²) in [5.41, 5.74) is 4.22. The summed E-state index contributed by atoms with van der Waals surface area (Å²) in [6.45, 7) is 8.70. The SMILES string of the molecule is Cc1ccc(NC(=O)C(C)C)cc1C1CCN(CCC(NC(=O)C2CCCCC2)c2ccc(F)cc2Cl)CC1. The van der Waals surface area contributed by atoms with Crippen molar-refractivity contribution in [2.75, 3.05) is 25.0 Å². The van der Waals surface area contributed by atoms with E-state index in [2.05, 4.69) is 34.6 Å². The van der Waals surface area contributed by atoms with Crippen LogP contribution in [0.1, 0.15) is 93.9 Å². The fraction of sp³-hybridized carbons (Fsp3) is 0.562. The molecular formula is C32H43ClFN3O2. The molecule has 2 amide bonds. The Morgan fingerprint density at radius 2 is 1.74 bits per heavy atom. The number of amides is 2. The molecule has 2 aliphatic rings. The Hall–Kier alpha value is -2.44. The highest BCUT2D eigenvalue weighted by Gasteiger charge is 2.27. The number of piperidine rings is 1. The van der Waals surface area contributed by atoms with Crippen molar-refractivity contribution < 1.29 is 14.0 Å². The van der Waals surface area contributed by atoms with Crippen molar-refractivity contribution in [2.24, 2.45) is 11.8 Å². The van der Waals surface area contributed by atoms with Crippen LogP contribution < -0.4 is 10.6 Å². The molecule has 0 bridgehead atoms. The minimum absolute atomic E-state index is 0.0333. The fourth-order valence-electron chi connectivity index (χ4n) is 5.97. The van der Waals surface area contributed by atoms with E-state index in [1.165, 1.54) is 29.7 Å². The molecule has 2 aromatic carbocycles. The molecule has 39 heavy (non-hydrogen) atoms. The first-order valence-corrected chi connectivity index (χ1v) is 15.0. The number of nitrogens with zero attached hydrogens (tertiary/aromatic N) is 1. The first-order valence-electron chi connectivity index (χ1n) is 14.6. The van der Waals surface area contributed by atoms with E-state index in [0.29, 0.717) is 10.9 Å². The van der Waals surface area contributed by atoms with E-state index in [-0.39, 0.29) is 35.5 Å². The van der Waals surface area contributed by atoms with Crippen LogP contribution in [0.25, 0.3) is 0 Å². The molecule has 2 N–H and O–H groups in total. The number of halogens is 2. The van der Waals surface area contributed by atoms with Gasteiger partial charge in [-0.05, 0) is 99.0 Å². The summed E-state index contributed by atoms with van der Waals surface area (Å²) in [4.78, 5) is 27.7. The topological polar surface area (TPSA) is 61.4 Å². The van der Waals surface area contributed by atoms with Crippen LogP contribution in [0.2, 0.25) is 5.02 Å². The number of nitrogens with one attached hydrogen (secondary N) is 2. The largest absolute Gasteiger partial charge is 0.349 e. The van der Waals surface area contributed by atoms with E-state index in [0.717, 1.165) is 75.8 Å². The van der Waals surface area contributed by atoms with Crippen molar-refractivity contribution in [2.45, 2.75) is 84.1 Å². The van der Waals surface area contributed by atoms with Gasteiger partial charge in [-0.1, -0.05) is 56.8 Å². The molecule has 1 saturated heterocycles. The molecule has 1 aliphatic heterocycles. The van der Waals surface area contributed by atoms with Crippen LogP contribution in [0.5, 0.6) is 0 Å². The van der Waals surface area contributed by atoms with Crippen molar-refractivity contribution in [1.82, 2.24) is 10.2 Å². The van der Waals surface area contributed by atoms with Crippen LogP contribution in [0, 0.1) is 24.6 Å². The predicted octanol–water partition coefficient (Wildman–Crippen LogP) is 7.39. The minimum atomic E-state index is -0.369. The Morgan fingerprint density at radius 3 is 2.41 bits per heavy atom. The Labute approximate surface area is 237 Å². The van der Waals surface area contributed by atoms with Crippen LogP contribution in [-0.4, -0.2) is 36.3 Å². The van der Waals surface area contributed by atoms with E-state index < -0.39 is 0 Å². The summed E-state index contributed by atoms with van der Waals surface area (Å²) in [7, 11) is 0. The van der Waals surface area contributed by atoms with Gasteiger partial charge >= 0.3 is 0 Å². The van der Waals surface area contributed by atoms with Gasteiger partial charge in [-0.3, -0.25) is 9.59 Å². The fourth-order valence-corrected chi connectivity index (χ4v) is 6.27. The summed E-state index contributed by atoms with van der Waals surface area (Å²) in [6, 6.07) is 10.5. The first-order chi connectivity index (χ1) is 18.7. The number of aryl methyl sites for hydroxylation is 1. The van der Waals surface area contributed by atoms with Crippen LogP contribution >= 0.6 is 11.6 Å². The number of carbonyl (C=O) groups excluding carboxylic acids is 2. The molecule has 2 fully saturated rings. The van der Waals surface area contributed by atoms with Gasteiger partial charge in [0.2, 0.25) is 11.8 Å². The van der Waals surface area contributed by atoms with Crippen molar-refractivity contribution in [1.29, 1.82) is 0 Å². The van der Waals surface area contributed by atoms with Gasteiger partial charge in [0.15, 0.2) is 0 Å². The Morgan fingerprint density at radius 1 is 1.03 bits per heavy atom. The Balaban J connectivity index is 1.37. The van der Waals surface area contributed by atoms with E-state index in [1.807, 2.05) is 19.9 Å². The third-order valence-corrected chi connectivity index (χ3v) is 8.79. The molecule has 1 aliphatic carbocycles. The van der Waals surface area contributed by atoms with Crippen molar-refractivity contribution in [3.8, 4) is 0 Å². The number of likely N-dealkylation sites (tertiary alicyclic amines) is 1. The maximum Gasteiger partial charge on any atom is 0.226 e. The van der Waals surface area contributed by atoms with E-state index in [1.54, 1.807) is 6.07 Å². The standard InChI is InChI=1S/C32H43ClFN3O2/c1-21(2)31(38)35-26-11-9-22(3)28(20-26)23-13-16-37(17-14-23)18-15-30(27-12-10-25(34)19-29(27)33)36-32(39)24-7-5-4-6-8-24/h9-12,19-21,23-24,30H,4-8,13-18H2,1-3H3,(H,35,38)(H,36,39). The third-order valence-electron chi connectivity index (χ3n) is 8.46. The molecule has 1 unspecified atom stereocenters. The van der Waals surface area contributed by atoms with Crippen molar-refractivity contribution >= 4 is 29.1 Å². The highest BCUT2D eigenvalue weighted by molar-refractivity contribution is 6.31. The van der Waals surface area contributed by atoms with Crippen LogP contribution in [-0.2, 0) is 9.59 Å².